The molecule has 0 bridgehead atoms. The summed E-state index contributed by atoms with van der Waals surface area (Å²) in [6, 6.07) is 12.7. The van der Waals surface area contributed by atoms with Gasteiger partial charge in [-0.25, -0.2) is 4.79 Å². The molecule has 9 heteroatoms. The van der Waals surface area contributed by atoms with Crippen molar-refractivity contribution < 1.29 is 18.8 Å². The van der Waals surface area contributed by atoms with Gasteiger partial charge < -0.3 is 14.6 Å². The van der Waals surface area contributed by atoms with Crippen LogP contribution in [0.3, 0.4) is 0 Å². The predicted molar refractivity (Wildman–Crippen MR) is 129 cm³/mol. The van der Waals surface area contributed by atoms with Crippen LogP contribution in [0, 0.1) is 12.8 Å². The highest BCUT2D eigenvalue weighted by molar-refractivity contribution is 6.34. The third kappa shape index (κ3) is 5.81. The van der Waals surface area contributed by atoms with E-state index >= 15 is 0 Å². The molecule has 178 valence electrons. The van der Waals surface area contributed by atoms with Crippen LogP contribution in [0.25, 0.3) is 11.4 Å². The number of benzene rings is 2. The van der Waals surface area contributed by atoms with E-state index in [1.54, 1.807) is 19.1 Å². The zero-order valence-corrected chi connectivity index (χ0v) is 20.0. The van der Waals surface area contributed by atoms with Gasteiger partial charge in [-0.2, -0.15) is 4.98 Å². The van der Waals surface area contributed by atoms with Crippen LogP contribution in [-0.4, -0.2) is 46.6 Å². The summed E-state index contributed by atoms with van der Waals surface area (Å²) in [4.78, 5) is 31.3. The highest BCUT2D eigenvalue weighted by atomic mass is 35.5. The minimum atomic E-state index is -0.443. The van der Waals surface area contributed by atoms with Gasteiger partial charge in [-0.3, -0.25) is 9.69 Å². The first-order valence-electron chi connectivity index (χ1n) is 11.3. The lowest BCUT2D eigenvalue weighted by Gasteiger charge is -2.30. The molecule has 1 amide bonds. The fourth-order valence-corrected chi connectivity index (χ4v) is 4.10. The number of amides is 1. The molecule has 1 aliphatic rings. The van der Waals surface area contributed by atoms with Gasteiger partial charge in [0.1, 0.15) is 0 Å². The second-order valence-corrected chi connectivity index (χ2v) is 8.74. The van der Waals surface area contributed by atoms with E-state index in [0.29, 0.717) is 47.4 Å². The predicted octanol–water partition coefficient (Wildman–Crippen LogP) is 4.73. The van der Waals surface area contributed by atoms with Gasteiger partial charge in [0.25, 0.3) is 0 Å². The summed E-state index contributed by atoms with van der Waals surface area (Å²) < 4.78 is 10.4. The number of nitrogens with zero attached hydrogens (tertiary/aromatic N) is 3. The number of piperidine rings is 1. The van der Waals surface area contributed by atoms with E-state index in [1.807, 2.05) is 31.2 Å². The SMILES string of the molecule is CCOC(=O)c1ccc(NC(=O)C2CCN(Cc3nc(-c4ccc(C)cc4)no3)CC2)c(Cl)c1. The molecule has 1 N–H and O–H groups in total. The average molecular weight is 483 g/mol. The summed E-state index contributed by atoms with van der Waals surface area (Å²) in [6.07, 6.45) is 1.42. The summed E-state index contributed by atoms with van der Waals surface area (Å²) in [6.45, 7) is 6.10. The van der Waals surface area contributed by atoms with Crippen molar-refractivity contribution in [2.45, 2.75) is 33.2 Å². The van der Waals surface area contributed by atoms with E-state index in [-0.39, 0.29) is 18.4 Å². The third-order valence-corrected chi connectivity index (χ3v) is 6.15. The molecule has 0 radical (unpaired) electrons. The van der Waals surface area contributed by atoms with Gasteiger partial charge in [0, 0.05) is 11.5 Å². The highest BCUT2D eigenvalue weighted by Gasteiger charge is 2.26. The number of aryl methyl sites for hydroxylation is 1. The van der Waals surface area contributed by atoms with E-state index in [9.17, 15) is 9.59 Å². The van der Waals surface area contributed by atoms with Crippen LogP contribution < -0.4 is 5.32 Å². The van der Waals surface area contributed by atoms with Crippen molar-refractivity contribution in [1.29, 1.82) is 0 Å². The Labute approximate surface area is 203 Å². The molecule has 1 saturated heterocycles. The number of hydrogen-bond donors (Lipinski definition) is 1. The minimum absolute atomic E-state index is 0.0788. The molecule has 3 aromatic rings. The summed E-state index contributed by atoms with van der Waals surface area (Å²) in [5.41, 5.74) is 2.93. The van der Waals surface area contributed by atoms with Crippen LogP contribution in [0.2, 0.25) is 5.02 Å². The van der Waals surface area contributed by atoms with Crippen molar-refractivity contribution in [2.24, 2.45) is 5.92 Å². The Kier molecular flexibility index (Phi) is 7.59. The molecular weight excluding hydrogens is 456 g/mol. The van der Waals surface area contributed by atoms with Crippen molar-refractivity contribution >= 4 is 29.2 Å². The zero-order chi connectivity index (χ0) is 24.1. The molecule has 34 heavy (non-hydrogen) atoms. The van der Waals surface area contributed by atoms with E-state index in [1.165, 1.54) is 11.6 Å². The smallest absolute Gasteiger partial charge is 0.338 e. The van der Waals surface area contributed by atoms with Crippen LogP contribution in [0.15, 0.2) is 47.0 Å². The number of nitrogens with one attached hydrogen (secondary N) is 1. The van der Waals surface area contributed by atoms with Crippen LogP contribution in [0.4, 0.5) is 5.69 Å². The van der Waals surface area contributed by atoms with Crippen LogP contribution in [0.5, 0.6) is 0 Å². The number of hydrogen-bond acceptors (Lipinski definition) is 7. The monoisotopic (exact) mass is 482 g/mol. The van der Waals surface area contributed by atoms with Crippen LogP contribution in [-0.2, 0) is 16.1 Å². The standard InChI is InChI=1S/C25H27ClN4O4/c1-3-33-25(32)19-8-9-21(20(26)14-19)27-24(31)18-10-12-30(13-11-18)15-22-28-23(29-34-22)17-6-4-16(2)5-7-17/h4-9,14,18H,3,10-13,15H2,1-2H3,(H,27,31). The number of ether oxygens (including phenoxy) is 1. The second kappa shape index (κ2) is 10.8. The molecular formula is C25H27ClN4O4. The van der Waals surface area contributed by atoms with E-state index in [0.717, 1.165) is 18.7 Å². The highest BCUT2D eigenvalue weighted by Crippen LogP contribution is 2.26. The topological polar surface area (TPSA) is 97.6 Å². The number of rotatable bonds is 7. The summed E-state index contributed by atoms with van der Waals surface area (Å²) in [5.74, 6) is 0.497. The quantitative estimate of drug-likeness (QED) is 0.486. The first kappa shape index (κ1) is 23.9. The lowest BCUT2D eigenvalue weighted by atomic mass is 9.96. The average Bonchev–Trinajstić information content (AvgIpc) is 3.30. The Bertz CT molecular complexity index is 1150. The van der Waals surface area contributed by atoms with Crippen molar-refractivity contribution in [3.63, 3.8) is 0 Å². The van der Waals surface area contributed by atoms with Gasteiger partial charge in [0.2, 0.25) is 17.6 Å². The maximum Gasteiger partial charge on any atom is 0.338 e. The summed E-state index contributed by atoms with van der Waals surface area (Å²) >= 11 is 6.27. The molecule has 1 aliphatic heterocycles. The fourth-order valence-electron chi connectivity index (χ4n) is 3.88. The lowest BCUT2D eigenvalue weighted by molar-refractivity contribution is -0.121. The number of likely N-dealkylation sites (tertiary alicyclic amines) is 1. The van der Waals surface area contributed by atoms with E-state index in [2.05, 4.69) is 20.4 Å². The molecule has 8 nitrogen and oxygen atoms in total. The molecule has 0 saturated carbocycles. The van der Waals surface area contributed by atoms with Gasteiger partial charge in [0.05, 0.1) is 29.4 Å². The van der Waals surface area contributed by atoms with E-state index in [4.69, 9.17) is 20.9 Å². The largest absolute Gasteiger partial charge is 0.462 e. The normalized spacial score (nSPS) is 14.7. The first-order valence-corrected chi connectivity index (χ1v) is 11.7. The Morgan fingerprint density at radius 2 is 1.91 bits per heavy atom. The molecule has 0 atom stereocenters. The second-order valence-electron chi connectivity index (χ2n) is 8.33. The molecule has 1 aromatic heterocycles. The maximum atomic E-state index is 12.8. The molecule has 2 heterocycles. The molecule has 0 unspecified atom stereocenters. The summed E-state index contributed by atoms with van der Waals surface area (Å²) in [5, 5.41) is 7.28. The maximum absolute atomic E-state index is 12.8. The van der Waals surface area contributed by atoms with E-state index < -0.39 is 5.97 Å². The Morgan fingerprint density at radius 3 is 2.59 bits per heavy atom. The van der Waals surface area contributed by atoms with Gasteiger partial charge in [-0.1, -0.05) is 46.6 Å². The molecule has 0 aliphatic carbocycles. The fraction of sp³-hybridized carbons (Fsp3) is 0.360. The zero-order valence-electron chi connectivity index (χ0n) is 19.2. The third-order valence-electron chi connectivity index (χ3n) is 5.83. The number of carbonyl (C=O) groups is 2. The van der Waals surface area contributed by atoms with Gasteiger partial charge in [-0.15, -0.1) is 0 Å². The Hall–Kier alpha value is -3.23. The van der Waals surface area contributed by atoms with Gasteiger partial charge in [-0.05, 0) is 58.0 Å². The number of esters is 1. The minimum Gasteiger partial charge on any atom is -0.462 e. The lowest BCUT2D eigenvalue weighted by Crippen LogP contribution is -2.37. The molecule has 0 spiro atoms. The van der Waals surface area contributed by atoms with Crippen molar-refractivity contribution in [1.82, 2.24) is 15.0 Å². The molecule has 2 aromatic carbocycles. The first-order chi connectivity index (χ1) is 16.4. The Balaban J connectivity index is 1.28. The number of carbonyl (C=O) groups excluding carboxylic acids is 2. The molecule has 1 fully saturated rings. The van der Waals surface area contributed by atoms with Crippen molar-refractivity contribution in [3.05, 3.63) is 64.5 Å². The van der Waals surface area contributed by atoms with Crippen LogP contribution >= 0.6 is 11.6 Å². The van der Waals surface area contributed by atoms with Crippen molar-refractivity contribution in [3.8, 4) is 11.4 Å². The number of aromatic nitrogens is 2. The van der Waals surface area contributed by atoms with Gasteiger partial charge in [0.15, 0.2) is 0 Å². The van der Waals surface area contributed by atoms with Crippen LogP contribution in [0.1, 0.15) is 41.6 Å². The van der Waals surface area contributed by atoms with Gasteiger partial charge >= 0.3 is 5.97 Å². The Morgan fingerprint density at radius 1 is 1.18 bits per heavy atom. The molecule has 4 rings (SSSR count). The van der Waals surface area contributed by atoms with Crippen molar-refractivity contribution in [2.75, 3.05) is 25.0 Å². The number of halogens is 1. The summed E-state index contributed by atoms with van der Waals surface area (Å²) in [7, 11) is 0. The number of anilines is 1.